The van der Waals surface area contributed by atoms with E-state index in [4.69, 9.17) is 9.47 Å². The van der Waals surface area contributed by atoms with Crippen molar-refractivity contribution < 1.29 is 19.0 Å². The molecule has 0 radical (unpaired) electrons. The second-order valence-corrected chi connectivity index (χ2v) is 7.00. The number of halogens is 1. The van der Waals surface area contributed by atoms with E-state index in [0.29, 0.717) is 22.4 Å². The third kappa shape index (κ3) is 4.63. The van der Waals surface area contributed by atoms with Crippen LogP contribution in [-0.4, -0.2) is 25.5 Å². The molecule has 0 fully saturated rings. The Bertz CT molecular complexity index is 961. The topological polar surface area (TPSA) is 51.0 Å². The van der Waals surface area contributed by atoms with Gasteiger partial charge >= 0.3 is 0 Å². The largest absolute Gasteiger partial charge is 0.504 e. The molecule has 0 amide bonds. The number of para-hydroxylation sites is 1. The molecule has 0 spiro atoms. The Hall–Kier alpha value is -2.91. The minimum absolute atomic E-state index is 0.0481. The van der Waals surface area contributed by atoms with Crippen molar-refractivity contribution in [1.29, 1.82) is 0 Å². The molecule has 0 bridgehead atoms. The minimum Gasteiger partial charge on any atom is -0.504 e. The van der Waals surface area contributed by atoms with Crippen LogP contribution in [0.4, 0.5) is 10.1 Å². The molecule has 0 aromatic heterocycles. The van der Waals surface area contributed by atoms with Gasteiger partial charge in [-0.2, -0.15) is 0 Å². The fourth-order valence-corrected chi connectivity index (χ4v) is 3.70. The molecule has 0 heterocycles. The smallest absolute Gasteiger partial charge is 0.165 e. The first-order valence-corrected chi connectivity index (χ1v) is 9.21. The highest BCUT2D eigenvalue weighted by molar-refractivity contribution is 7.56. The minimum atomic E-state index is -0.342. The molecule has 0 aliphatic heterocycles. The number of phenolic OH excluding ortho intramolecular Hbond substituents is 1. The van der Waals surface area contributed by atoms with Crippen molar-refractivity contribution in [3.8, 4) is 17.2 Å². The summed E-state index contributed by atoms with van der Waals surface area (Å²) in [5.41, 5.74) is 1.43. The number of phenols is 1. The molecule has 4 nitrogen and oxygen atoms in total. The Morgan fingerprint density at radius 1 is 0.963 bits per heavy atom. The van der Waals surface area contributed by atoms with Crippen molar-refractivity contribution in [3.05, 3.63) is 72.0 Å². The van der Waals surface area contributed by atoms with Crippen LogP contribution in [0.3, 0.4) is 0 Å². The van der Waals surface area contributed by atoms with Gasteiger partial charge in [0.1, 0.15) is 11.6 Å². The highest BCUT2D eigenvalue weighted by Crippen LogP contribution is 2.33. The van der Waals surface area contributed by atoms with Crippen molar-refractivity contribution in [2.24, 2.45) is 4.99 Å². The van der Waals surface area contributed by atoms with Gasteiger partial charge in [0.2, 0.25) is 0 Å². The Kier molecular flexibility index (Phi) is 6.05. The number of rotatable bonds is 6. The zero-order valence-corrected chi connectivity index (χ0v) is 15.9. The molecule has 0 aliphatic rings. The number of ether oxygens (including phenoxy) is 2. The van der Waals surface area contributed by atoms with Crippen LogP contribution in [0.15, 0.2) is 65.7 Å². The quantitative estimate of drug-likeness (QED) is 0.518. The fraction of sp³-hybridized carbons (Fsp3) is 0.0952. The molecule has 6 heteroatoms. The van der Waals surface area contributed by atoms with Crippen molar-refractivity contribution in [2.75, 3.05) is 14.2 Å². The van der Waals surface area contributed by atoms with E-state index in [1.165, 1.54) is 19.2 Å². The lowest BCUT2D eigenvalue weighted by molar-refractivity contribution is 0.366. The first-order valence-electron chi connectivity index (χ1n) is 8.21. The van der Waals surface area contributed by atoms with Gasteiger partial charge in [0.15, 0.2) is 11.5 Å². The maximum absolute atomic E-state index is 13.8. The Balaban J connectivity index is 1.97. The number of nitrogens with zero attached hydrogens (tertiary/aromatic N) is 1. The van der Waals surface area contributed by atoms with Crippen LogP contribution in [0, 0.1) is 5.82 Å². The second kappa shape index (κ2) is 8.65. The molecular weight excluding hydrogens is 364 g/mol. The highest BCUT2D eigenvalue weighted by atomic mass is 31.1. The Morgan fingerprint density at radius 2 is 1.74 bits per heavy atom. The normalized spacial score (nSPS) is 11.4. The average molecular weight is 383 g/mol. The van der Waals surface area contributed by atoms with Gasteiger partial charge < -0.3 is 14.6 Å². The summed E-state index contributed by atoms with van der Waals surface area (Å²) in [6, 6.07) is 17.3. The summed E-state index contributed by atoms with van der Waals surface area (Å²) >= 11 is 0. The fourth-order valence-electron chi connectivity index (χ4n) is 2.51. The van der Waals surface area contributed by atoms with Gasteiger partial charge in [-0.3, -0.25) is 4.99 Å². The van der Waals surface area contributed by atoms with Crippen molar-refractivity contribution in [3.63, 3.8) is 0 Å². The van der Waals surface area contributed by atoms with E-state index in [2.05, 4.69) is 4.99 Å². The molecule has 0 aliphatic carbocycles. The first kappa shape index (κ1) is 18.9. The van der Waals surface area contributed by atoms with E-state index >= 15 is 0 Å². The van der Waals surface area contributed by atoms with Crippen LogP contribution < -0.4 is 20.1 Å². The van der Waals surface area contributed by atoms with Crippen LogP contribution in [0.1, 0.15) is 5.56 Å². The molecule has 0 saturated carbocycles. The molecular formula is C21H19FNO3P. The summed E-state index contributed by atoms with van der Waals surface area (Å²) in [6.07, 6.45) is 1.63. The summed E-state index contributed by atoms with van der Waals surface area (Å²) in [6.45, 7) is 0. The maximum Gasteiger partial charge on any atom is 0.165 e. The van der Waals surface area contributed by atoms with E-state index in [-0.39, 0.29) is 20.1 Å². The number of aliphatic imine (C=N–C) groups is 1. The van der Waals surface area contributed by atoms with Gasteiger partial charge in [-0.05, 0) is 35.6 Å². The Labute approximate surface area is 159 Å². The lowest BCUT2D eigenvalue weighted by atomic mass is 10.2. The lowest BCUT2D eigenvalue weighted by Gasteiger charge is -2.13. The number of methoxy groups -OCH3 is 2. The Morgan fingerprint density at radius 3 is 2.44 bits per heavy atom. The van der Waals surface area contributed by atoms with Crippen LogP contribution in [0.5, 0.6) is 17.2 Å². The summed E-state index contributed by atoms with van der Waals surface area (Å²) in [5.74, 6) is 0.615. The predicted octanol–water partition coefficient (Wildman–Crippen LogP) is 3.93. The van der Waals surface area contributed by atoms with Crippen LogP contribution >= 0.6 is 8.58 Å². The standard InChI is InChI=1S/C21H19FNO3P/c1-25-17-11-18(26-2)21(24)20(12-17)27-19-9-8-15(22)10-14(19)13-23-16-6-4-3-5-7-16/h3-13,24,27H,1-2H3. The first-order chi connectivity index (χ1) is 13.1. The van der Waals surface area contributed by atoms with E-state index in [1.807, 2.05) is 30.3 Å². The summed E-state index contributed by atoms with van der Waals surface area (Å²) in [5, 5.41) is 11.9. The van der Waals surface area contributed by atoms with Crippen LogP contribution in [0.25, 0.3) is 0 Å². The van der Waals surface area contributed by atoms with E-state index < -0.39 is 0 Å². The van der Waals surface area contributed by atoms with Gasteiger partial charge in [0, 0.05) is 23.1 Å². The number of hydrogen-bond donors (Lipinski definition) is 1. The van der Waals surface area contributed by atoms with Gasteiger partial charge in [0.05, 0.1) is 19.9 Å². The molecule has 1 atom stereocenters. The van der Waals surface area contributed by atoms with Crippen molar-refractivity contribution in [1.82, 2.24) is 0 Å². The molecule has 1 N–H and O–H groups in total. The molecule has 27 heavy (non-hydrogen) atoms. The van der Waals surface area contributed by atoms with Gasteiger partial charge in [0.25, 0.3) is 0 Å². The number of hydrogen-bond acceptors (Lipinski definition) is 4. The van der Waals surface area contributed by atoms with Gasteiger partial charge in [-0.25, -0.2) is 4.39 Å². The summed E-state index contributed by atoms with van der Waals surface area (Å²) in [7, 11) is 3.10. The van der Waals surface area contributed by atoms with Crippen molar-refractivity contribution >= 4 is 31.1 Å². The average Bonchev–Trinajstić information content (AvgIpc) is 2.70. The van der Waals surface area contributed by atoms with E-state index in [0.717, 1.165) is 11.0 Å². The molecule has 3 aromatic rings. The number of benzene rings is 3. The molecule has 3 aromatic carbocycles. The monoisotopic (exact) mass is 383 g/mol. The van der Waals surface area contributed by atoms with Crippen LogP contribution in [-0.2, 0) is 0 Å². The molecule has 0 saturated heterocycles. The van der Waals surface area contributed by atoms with Crippen molar-refractivity contribution in [2.45, 2.75) is 0 Å². The van der Waals surface area contributed by atoms with E-state index in [9.17, 15) is 9.50 Å². The zero-order valence-electron chi connectivity index (χ0n) is 14.9. The predicted molar refractivity (Wildman–Crippen MR) is 109 cm³/mol. The highest BCUT2D eigenvalue weighted by Gasteiger charge is 2.13. The summed E-state index contributed by atoms with van der Waals surface area (Å²) in [4.78, 5) is 4.41. The zero-order chi connectivity index (χ0) is 19.2. The summed E-state index contributed by atoms with van der Waals surface area (Å²) < 4.78 is 24.3. The van der Waals surface area contributed by atoms with E-state index in [1.54, 1.807) is 31.5 Å². The molecule has 138 valence electrons. The second-order valence-electron chi connectivity index (χ2n) is 5.68. The van der Waals surface area contributed by atoms with Crippen LogP contribution in [0.2, 0.25) is 0 Å². The maximum atomic E-state index is 13.8. The SMILES string of the molecule is COc1cc(OC)c(O)c(Pc2ccc(F)cc2C=Nc2ccccc2)c1. The molecule has 3 rings (SSSR count). The third-order valence-electron chi connectivity index (χ3n) is 3.90. The van der Waals surface area contributed by atoms with Gasteiger partial charge in [-0.1, -0.05) is 32.8 Å². The molecule has 1 unspecified atom stereocenters. The third-order valence-corrected chi connectivity index (χ3v) is 5.27. The lowest BCUT2D eigenvalue weighted by Crippen LogP contribution is -2.11. The number of aromatic hydroxyl groups is 1. The van der Waals surface area contributed by atoms with Gasteiger partial charge in [-0.15, -0.1) is 0 Å².